The minimum atomic E-state index is -0.420. The number of pyridine rings is 1. The molecule has 0 bridgehead atoms. The molecule has 0 unspecified atom stereocenters. The summed E-state index contributed by atoms with van der Waals surface area (Å²) < 4.78 is 5.41. The Morgan fingerprint density at radius 3 is 2.61 bits per heavy atom. The molecule has 7 rings (SSSR count). The molecule has 3 aromatic carbocycles. The van der Waals surface area contributed by atoms with Crippen LogP contribution in [-0.4, -0.2) is 29.8 Å². The van der Waals surface area contributed by atoms with Crippen LogP contribution in [0.3, 0.4) is 0 Å². The van der Waals surface area contributed by atoms with Crippen molar-refractivity contribution >= 4 is 78.2 Å². The number of fused-ring (bicyclic) bond motifs is 3. The normalized spacial score (nSPS) is 11.6. The Balaban J connectivity index is 1.33. The smallest absolute Gasteiger partial charge is 0.283 e. The van der Waals surface area contributed by atoms with E-state index in [1.807, 2.05) is 54.7 Å². The van der Waals surface area contributed by atoms with E-state index in [1.165, 1.54) is 26.8 Å². The van der Waals surface area contributed by atoms with Gasteiger partial charge in [0.05, 0.1) is 31.2 Å². The number of amides is 1. The molecule has 2 N–H and O–H groups in total. The quantitative estimate of drug-likeness (QED) is 0.206. The fraction of sp³-hybridized carbons (Fsp3) is 0.125. The van der Waals surface area contributed by atoms with Gasteiger partial charge in [-0.05, 0) is 55.3 Å². The second kappa shape index (κ2) is 11.1. The minimum absolute atomic E-state index is 0.257. The molecular formula is C32H24Cl2N6O3S. The Labute approximate surface area is 263 Å². The van der Waals surface area contributed by atoms with Crippen molar-refractivity contribution in [2.24, 2.45) is 0 Å². The number of thiazole rings is 1. The van der Waals surface area contributed by atoms with Crippen molar-refractivity contribution in [2.75, 3.05) is 5.32 Å². The summed E-state index contributed by atoms with van der Waals surface area (Å²) in [5.74, 6) is -0.420. The first-order valence-corrected chi connectivity index (χ1v) is 15.4. The Kier molecular flexibility index (Phi) is 7.12. The molecule has 44 heavy (non-hydrogen) atoms. The predicted octanol–water partition coefficient (Wildman–Crippen LogP) is 6.54. The number of aromatic nitrogens is 5. The average molecular weight is 644 g/mol. The highest BCUT2D eigenvalue weighted by Crippen LogP contribution is 2.27. The summed E-state index contributed by atoms with van der Waals surface area (Å²) >= 11 is 13.5. The zero-order chi connectivity index (χ0) is 30.5. The van der Waals surface area contributed by atoms with Crippen molar-refractivity contribution in [3.8, 4) is 5.13 Å². The number of hydrogen-bond acceptors (Lipinski definition) is 5. The average Bonchev–Trinajstić information content (AvgIpc) is 3.69. The number of anilines is 1. The molecule has 12 heteroatoms. The van der Waals surface area contributed by atoms with Crippen molar-refractivity contribution in [3.63, 3.8) is 0 Å². The van der Waals surface area contributed by atoms with Gasteiger partial charge in [-0.25, -0.2) is 4.98 Å². The molecule has 0 aliphatic carbocycles. The fourth-order valence-electron chi connectivity index (χ4n) is 5.60. The first kappa shape index (κ1) is 28.1. The maximum Gasteiger partial charge on any atom is 0.283 e. The highest BCUT2D eigenvalue weighted by atomic mass is 35.5. The molecule has 0 saturated heterocycles. The van der Waals surface area contributed by atoms with Gasteiger partial charge in [-0.15, -0.1) is 0 Å². The molecule has 9 nitrogen and oxygen atoms in total. The van der Waals surface area contributed by atoms with Crippen molar-refractivity contribution in [1.82, 2.24) is 23.9 Å². The first-order valence-electron chi connectivity index (χ1n) is 13.8. The standard InChI is InChI=1S/C32H24Cl2N6O3S/c1-18-30-26(15-29(42)38(18)13-12-19-16-35-24-7-3-2-6-21(19)24)39(17-28(41)36-20-10-11-22(33)23(34)14-20)40(31(30)43)32-37-25-8-4-5-9-27(25)44-32/h2-11,14-16,35H,12-13,17H2,1H3,(H,36,41). The second-order valence-electron chi connectivity index (χ2n) is 10.4. The maximum absolute atomic E-state index is 14.2. The number of benzene rings is 3. The van der Waals surface area contributed by atoms with Crippen molar-refractivity contribution in [3.05, 3.63) is 121 Å². The molecule has 0 fully saturated rings. The summed E-state index contributed by atoms with van der Waals surface area (Å²) in [6, 6.07) is 21.8. The molecule has 0 spiro atoms. The SMILES string of the molecule is Cc1c2c(=O)n(-c3nc4ccccc4s3)n(CC(=O)Nc3ccc(Cl)c(Cl)c3)c2cc(=O)n1CCc1c[nH]c2ccccc12. The molecule has 0 radical (unpaired) electrons. The van der Waals surface area contributed by atoms with Gasteiger partial charge in [0.1, 0.15) is 6.54 Å². The van der Waals surface area contributed by atoms with E-state index < -0.39 is 5.91 Å². The minimum Gasteiger partial charge on any atom is -0.361 e. The van der Waals surface area contributed by atoms with Crippen LogP contribution in [0, 0.1) is 6.92 Å². The van der Waals surface area contributed by atoms with Crippen molar-refractivity contribution in [1.29, 1.82) is 0 Å². The summed E-state index contributed by atoms with van der Waals surface area (Å²) in [5.41, 5.74) is 3.53. The largest absolute Gasteiger partial charge is 0.361 e. The van der Waals surface area contributed by atoms with Crippen molar-refractivity contribution < 1.29 is 4.79 Å². The zero-order valence-corrected chi connectivity index (χ0v) is 25.6. The third-order valence-corrected chi connectivity index (χ3v) is 9.47. The number of para-hydroxylation sites is 2. The van der Waals surface area contributed by atoms with E-state index in [4.69, 9.17) is 28.2 Å². The van der Waals surface area contributed by atoms with Crippen LogP contribution in [0.25, 0.3) is 37.2 Å². The number of aromatic amines is 1. The highest BCUT2D eigenvalue weighted by Gasteiger charge is 2.23. The van der Waals surface area contributed by atoms with Crippen LogP contribution in [-0.2, 0) is 24.3 Å². The van der Waals surface area contributed by atoms with Gasteiger partial charge in [-0.3, -0.25) is 19.1 Å². The number of nitrogens with zero attached hydrogens (tertiary/aromatic N) is 4. The summed E-state index contributed by atoms with van der Waals surface area (Å²) in [4.78, 5) is 49.0. The van der Waals surface area contributed by atoms with Gasteiger partial charge in [-0.1, -0.05) is 64.9 Å². The molecule has 7 aromatic rings. The number of carbonyl (C=O) groups is 1. The number of aryl methyl sites for hydroxylation is 2. The summed E-state index contributed by atoms with van der Waals surface area (Å²) in [6.07, 6.45) is 2.54. The van der Waals surface area contributed by atoms with E-state index in [2.05, 4.69) is 10.3 Å². The molecule has 0 saturated carbocycles. The number of rotatable bonds is 7. The first-order chi connectivity index (χ1) is 21.3. The maximum atomic E-state index is 14.2. The van der Waals surface area contributed by atoms with Crippen LogP contribution in [0.1, 0.15) is 11.3 Å². The lowest BCUT2D eigenvalue weighted by atomic mass is 10.1. The van der Waals surface area contributed by atoms with Gasteiger partial charge < -0.3 is 14.9 Å². The van der Waals surface area contributed by atoms with Crippen LogP contribution >= 0.6 is 34.5 Å². The van der Waals surface area contributed by atoms with Crippen LogP contribution in [0.2, 0.25) is 10.0 Å². The predicted molar refractivity (Wildman–Crippen MR) is 177 cm³/mol. The highest BCUT2D eigenvalue weighted by molar-refractivity contribution is 7.20. The third-order valence-electron chi connectivity index (χ3n) is 7.71. The monoisotopic (exact) mass is 642 g/mol. The Hall–Kier alpha value is -4.64. The number of carbonyl (C=O) groups excluding carboxylic acids is 1. The third kappa shape index (κ3) is 4.90. The molecule has 4 aromatic heterocycles. The van der Waals surface area contributed by atoms with E-state index in [0.29, 0.717) is 50.4 Å². The number of H-pyrrole nitrogens is 1. The molecular weight excluding hydrogens is 619 g/mol. The second-order valence-corrected chi connectivity index (χ2v) is 12.2. The molecule has 220 valence electrons. The van der Waals surface area contributed by atoms with E-state index in [-0.39, 0.29) is 17.7 Å². The lowest BCUT2D eigenvalue weighted by Crippen LogP contribution is -2.27. The van der Waals surface area contributed by atoms with Crippen LogP contribution < -0.4 is 16.4 Å². The van der Waals surface area contributed by atoms with E-state index in [9.17, 15) is 14.4 Å². The summed E-state index contributed by atoms with van der Waals surface area (Å²) in [6.45, 7) is 1.89. The van der Waals surface area contributed by atoms with Gasteiger partial charge >= 0.3 is 0 Å². The molecule has 4 heterocycles. The van der Waals surface area contributed by atoms with Crippen LogP contribution in [0.15, 0.2) is 88.6 Å². The lowest BCUT2D eigenvalue weighted by Gasteiger charge is -2.13. The molecule has 1 amide bonds. The Bertz CT molecular complexity index is 2330. The van der Waals surface area contributed by atoms with Crippen LogP contribution in [0.5, 0.6) is 0 Å². The van der Waals surface area contributed by atoms with Gasteiger partial charge in [0.2, 0.25) is 11.0 Å². The molecule has 0 atom stereocenters. The number of nitrogens with one attached hydrogen (secondary N) is 2. The zero-order valence-electron chi connectivity index (χ0n) is 23.3. The fourth-order valence-corrected chi connectivity index (χ4v) is 6.87. The van der Waals surface area contributed by atoms with E-state index in [1.54, 1.807) is 29.7 Å². The lowest BCUT2D eigenvalue weighted by molar-refractivity contribution is -0.116. The summed E-state index contributed by atoms with van der Waals surface area (Å²) in [7, 11) is 0. The van der Waals surface area contributed by atoms with Crippen molar-refractivity contribution in [2.45, 2.75) is 26.4 Å². The Morgan fingerprint density at radius 1 is 1.00 bits per heavy atom. The summed E-state index contributed by atoms with van der Waals surface area (Å²) in [5, 5.41) is 5.31. The topological polar surface area (TPSA) is 107 Å². The Morgan fingerprint density at radius 2 is 1.80 bits per heavy atom. The van der Waals surface area contributed by atoms with Crippen LogP contribution in [0.4, 0.5) is 5.69 Å². The number of halogens is 2. The molecule has 0 aliphatic heterocycles. The van der Waals surface area contributed by atoms with Gasteiger partial charge in [0.25, 0.3) is 11.1 Å². The van der Waals surface area contributed by atoms with Gasteiger partial charge in [-0.2, -0.15) is 4.68 Å². The van der Waals surface area contributed by atoms with E-state index in [0.717, 1.165) is 26.7 Å². The van der Waals surface area contributed by atoms with Gasteiger partial charge in [0, 0.05) is 41.1 Å². The van der Waals surface area contributed by atoms with E-state index >= 15 is 0 Å². The molecule has 0 aliphatic rings. The van der Waals surface area contributed by atoms with Gasteiger partial charge in [0.15, 0.2) is 0 Å². The number of hydrogen-bond donors (Lipinski definition) is 2.